The predicted molar refractivity (Wildman–Crippen MR) is 55.2 cm³/mol. The van der Waals surface area contributed by atoms with Crippen LogP contribution in [0.5, 0.6) is 0 Å². The summed E-state index contributed by atoms with van der Waals surface area (Å²) in [5.74, 6) is -7.10. The molecule has 1 aliphatic heterocycles. The van der Waals surface area contributed by atoms with Gasteiger partial charge in [-0.3, -0.25) is 4.79 Å². The Morgan fingerprint density at radius 3 is 2.28 bits per heavy atom. The van der Waals surface area contributed by atoms with Crippen molar-refractivity contribution in [3.8, 4) is 0 Å². The monoisotopic (exact) mass is 273 g/mol. The molecule has 106 valence electrons. The minimum Gasteiger partial charge on any atom is -0.337 e. The van der Waals surface area contributed by atoms with Gasteiger partial charge in [-0.05, 0) is 25.2 Å². The quantitative estimate of drug-likeness (QED) is 0.707. The van der Waals surface area contributed by atoms with Gasteiger partial charge in [0.1, 0.15) is 0 Å². The number of rotatable bonds is 2. The number of amides is 1. The Labute approximate surface area is 102 Å². The fraction of sp³-hybridized carbons (Fsp3) is 0.909. The summed E-state index contributed by atoms with van der Waals surface area (Å²) in [4.78, 5) is 11.9. The second-order valence-electron chi connectivity index (χ2n) is 4.57. The van der Waals surface area contributed by atoms with Gasteiger partial charge in [0.05, 0.1) is 0 Å². The fourth-order valence-corrected chi connectivity index (χ4v) is 2.10. The van der Waals surface area contributed by atoms with Gasteiger partial charge in [0.25, 0.3) is 0 Å². The van der Waals surface area contributed by atoms with E-state index < -0.39 is 18.0 Å². The molecule has 1 unspecified atom stereocenters. The Balaban J connectivity index is 2.73. The molecule has 0 aromatic rings. The van der Waals surface area contributed by atoms with Crippen LogP contribution in [-0.4, -0.2) is 36.0 Å². The zero-order chi connectivity index (χ0) is 14.0. The maximum absolute atomic E-state index is 12.9. The van der Waals surface area contributed by atoms with Crippen molar-refractivity contribution in [1.82, 2.24) is 4.90 Å². The molecular weight excluding hydrogens is 257 g/mol. The normalized spacial score (nSPS) is 22.8. The molecule has 0 saturated carbocycles. The van der Waals surface area contributed by atoms with E-state index in [1.54, 1.807) is 0 Å². The Morgan fingerprint density at radius 2 is 1.78 bits per heavy atom. The topological polar surface area (TPSA) is 20.3 Å². The number of alkyl halides is 5. The molecule has 7 heteroatoms. The van der Waals surface area contributed by atoms with Crippen molar-refractivity contribution in [3.63, 3.8) is 0 Å². The first-order valence-corrected chi connectivity index (χ1v) is 5.94. The molecule has 0 aromatic heterocycles. The smallest absolute Gasteiger partial charge is 0.337 e. The second-order valence-corrected chi connectivity index (χ2v) is 4.57. The number of carbonyl (C=O) groups is 1. The van der Waals surface area contributed by atoms with Gasteiger partial charge in [-0.15, -0.1) is 0 Å². The van der Waals surface area contributed by atoms with Crippen molar-refractivity contribution < 1.29 is 26.7 Å². The van der Waals surface area contributed by atoms with Crippen LogP contribution in [0.1, 0.15) is 32.6 Å². The minimum atomic E-state index is -5.82. The molecule has 1 amide bonds. The van der Waals surface area contributed by atoms with E-state index in [0.717, 1.165) is 12.8 Å². The number of hydrogen-bond acceptors (Lipinski definition) is 1. The molecule has 0 spiro atoms. The van der Waals surface area contributed by atoms with Gasteiger partial charge in [-0.2, -0.15) is 22.0 Å². The van der Waals surface area contributed by atoms with Gasteiger partial charge in [-0.25, -0.2) is 0 Å². The van der Waals surface area contributed by atoms with Crippen molar-refractivity contribution >= 4 is 5.91 Å². The third kappa shape index (κ3) is 3.11. The molecule has 0 aromatic carbocycles. The maximum atomic E-state index is 12.9. The highest BCUT2D eigenvalue weighted by atomic mass is 19.4. The molecule has 0 aliphatic carbocycles. The zero-order valence-corrected chi connectivity index (χ0v) is 10.1. The largest absolute Gasteiger partial charge is 0.463 e. The summed E-state index contributed by atoms with van der Waals surface area (Å²) in [6.45, 7) is 1.89. The van der Waals surface area contributed by atoms with Gasteiger partial charge < -0.3 is 4.90 Å². The Hall–Kier alpha value is -0.880. The van der Waals surface area contributed by atoms with E-state index in [4.69, 9.17) is 0 Å². The maximum Gasteiger partial charge on any atom is 0.463 e. The highest BCUT2D eigenvalue weighted by Gasteiger charge is 2.64. The number of likely N-dealkylation sites (tertiary alicyclic amines) is 1. The number of nitrogens with zero attached hydrogens (tertiary/aromatic N) is 1. The molecule has 1 saturated heterocycles. The van der Waals surface area contributed by atoms with Crippen LogP contribution >= 0.6 is 0 Å². The Kier molecular flexibility index (Phi) is 4.55. The van der Waals surface area contributed by atoms with Crippen LogP contribution in [0, 0.1) is 5.92 Å². The van der Waals surface area contributed by atoms with Gasteiger partial charge >= 0.3 is 18.0 Å². The van der Waals surface area contributed by atoms with E-state index in [1.807, 2.05) is 6.92 Å². The third-order valence-electron chi connectivity index (χ3n) is 3.34. The Bertz CT molecular complexity index is 302. The van der Waals surface area contributed by atoms with E-state index in [0.29, 0.717) is 23.7 Å². The average Bonchev–Trinajstić information content (AvgIpc) is 2.51. The first-order valence-electron chi connectivity index (χ1n) is 5.94. The van der Waals surface area contributed by atoms with E-state index in [2.05, 4.69) is 0 Å². The van der Waals surface area contributed by atoms with E-state index in [1.165, 1.54) is 0 Å². The molecule has 0 bridgehead atoms. The summed E-state index contributed by atoms with van der Waals surface area (Å²) < 4.78 is 62.1. The zero-order valence-electron chi connectivity index (χ0n) is 10.1. The van der Waals surface area contributed by atoms with Crippen molar-refractivity contribution in [2.24, 2.45) is 5.92 Å². The lowest BCUT2D eigenvalue weighted by Gasteiger charge is -2.26. The van der Waals surface area contributed by atoms with Gasteiger partial charge in [-0.1, -0.05) is 13.3 Å². The highest BCUT2D eigenvalue weighted by Crippen LogP contribution is 2.37. The molecule has 1 atom stereocenters. The van der Waals surface area contributed by atoms with Crippen LogP contribution in [0.25, 0.3) is 0 Å². The molecular formula is C11H16F5NO. The van der Waals surface area contributed by atoms with E-state index in [-0.39, 0.29) is 13.1 Å². The Morgan fingerprint density at radius 1 is 1.17 bits per heavy atom. The highest BCUT2D eigenvalue weighted by molar-refractivity contribution is 5.84. The molecule has 1 heterocycles. The van der Waals surface area contributed by atoms with Crippen molar-refractivity contribution in [1.29, 1.82) is 0 Å². The summed E-state index contributed by atoms with van der Waals surface area (Å²) in [5, 5.41) is 0. The SMILES string of the molecule is CCC1CCCN(C(=O)C(F)(F)C(F)(F)F)CC1. The average molecular weight is 273 g/mol. The summed E-state index contributed by atoms with van der Waals surface area (Å²) in [7, 11) is 0. The molecule has 18 heavy (non-hydrogen) atoms. The first-order chi connectivity index (χ1) is 8.20. The van der Waals surface area contributed by atoms with E-state index in [9.17, 15) is 26.7 Å². The van der Waals surface area contributed by atoms with Gasteiger partial charge in [0, 0.05) is 13.1 Å². The van der Waals surface area contributed by atoms with Crippen LogP contribution in [0.2, 0.25) is 0 Å². The lowest BCUT2D eigenvalue weighted by molar-refractivity contribution is -0.274. The predicted octanol–water partition coefficient (Wildman–Crippen LogP) is 3.22. The van der Waals surface area contributed by atoms with Gasteiger partial charge in [0.15, 0.2) is 0 Å². The van der Waals surface area contributed by atoms with Crippen LogP contribution in [0.15, 0.2) is 0 Å². The lowest BCUT2D eigenvalue weighted by Crippen LogP contribution is -2.52. The van der Waals surface area contributed by atoms with Gasteiger partial charge in [0.2, 0.25) is 0 Å². The third-order valence-corrected chi connectivity index (χ3v) is 3.34. The van der Waals surface area contributed by atoms with Crippen LogP contribution < -0.4 is 0 Å². The summed E-state index contributed by atoms with van der Waals surface area (Å²) >= 11 is 0. The van der Waals surface area contributed by atoms with Crippen molar-refractivity contribution in [2.45, 2.75) is 44.7 Å². The van der Waals surface area contributed by atoms with Crippen molar-refractivity contribution in [2.75, 3.05) is 13.1 Å². The molecule has 0 radical (unpaired) electrons. The molecule has 1 rings (SSSR count). The standard InChI is InChI=1S/C11H16F5NO/c1-2-8-4-3-6-17(7-5-8)9(18)10(12,13)11(14,15)16/h8H,2-7H2,1H3. The van der Waals surface area contributed by atoms with Crippen LogP contribution in [0.3, 0.4) is 0 Å². The first kappa shape index (κ1) is 15.2. The molecule has 0 N–H and O–H groups in total. The molecule has 1 aliphatic rings. The van der Waals surface area contributed by atoms with Crippen LogP contribution in [0.4, 0.5) is 22.0 Å². The summed E-state index contributed by atoms with van der Waals surface area (Å²) in [6.07, 6.45) is -3.26. The van der Waals surface area contributed by atoms with E-state index >= 15 is 0 Å². The summed E-state index contributed by atoms with van der Waals surface area (Å²) in [5.41, 5.74) is 0. The second kappa shape index (κ2) is 5.40. The number of halogens is 5. The number of carbonyl (C=O) groups excluding carboxylic acids is 1. The lowest BCUT2D eigenvalue weighted by atomic mass is 9.98. The minimum absolute atomic E-state index is 0.0248. The van der Waals surface area contributed by atoms with Crippen LogP contribution in [-0.2, 0) is 4.79 Å². The molecule has 1 fully saturated rings. The molecule has 2 nitrogen and oxygen atoms in total. The van der Waals surface area contributed by atoms with Crippen molar-refractivity contribution in [3.05, 3.63) is 0 Å². The summed E-state index contributed by atoms with van der Waals surface area (Å²) in [6, 6.07) is 0. The number of hydrogen-bond donors (Lipinski definition) is 0. The fourth-order valence-electron chi connectivity index (χ4n) is 2.10.